The monoisotopic (exact) mass is 252 g/mol. The standard InChI is InChI=1S/C13H16O5/c1-3-18-12-8-9(5-7-11(12)17-2)4-6-10(14)13(15)16/h5,7-8H,3-4,6H2,1-2H3,(H,15,16). The maximum absolute atomic E-state index is 11.0. The largest absolute Gasteiger partial charge is 0.493 e. The number of aliphatic carboxylic acids is 1. The lowest BCUT2D eigenvalue weighted by molar-refractivity contribution is -0.149. The lowest BCUT2D eigenvalue weighted by atomic mass is 10.1. The van der Waals surface area contributed by atoms with Gasteiger partial charge >= 0.3 is 5.97 Å². The first-order valence-electron chi connectivity index (χ1n) is 5.64. The molecule has 0 bridgehead atoms. The van der Waals surface area contributed by atoms with Crippen LogP contribution in [0, 0.1) is 0 Å². The van der Waals surface area contributed by atoms with Gasteiger partial charge in [-0.1, -0.05) is 6.07 Å². The first-order chi connectivity index (χ1) is 8.58. The number of benzene rings is 1. The van der Waals surface area contributed by atoms with E-state index >= 15 is 0 Å². The van der Waals surface area contributed by atoms with Gasteiger partial charge in [0.25, 0.3) is 0 Å². The molecule has 1 rings (SSSR count). The van der Waals surface area contributed by atoms with Crippen molar-refractivity contribution in [1.82, 2.24) is 0 Å². The molecule has 1 aromatic rings. The molecule has 18 heavy (non-hydrogen) atoms. The highest BCUT2D eigenvalue weighted by molar-refractivity contribution is 6.32. The van der Waals surface area contributed by atoms with E-state index in [4.69, 9.17) is 14.6 Å². The number of hydrogen-bond acceptors (Lipinski definition) is 4. The summed E-state index contributed by atoms with van der Waals surface area (Å²) in [5.41, 5.74) is 0.842. The first-order valence-corrected chi connectivity index (χ1v) is 5.64. The average molecular weight is 252 g/mol. The molecule has 0 fully saturated rings. The molecular weight excluding hydrogens is 236 g/mol. The van der Waals surface area contributed by atoms with Gasteiger partial charge in [0, 0.05) is 6.42 Å². The van der Waals surface area contributed by atoms with Gasteiger partial charge in [0.05, 0.1) is 13.7 Å². The number of carboxylic acid groups (broad SMARTS) is 1. The molecule has 0 atom stereocenters. The summed E-state index contributed by atoms with van der Waals surface area (Å²) in [7, 11) is 1.55. The van der Waals surface area contributed by atoms with Crippen molar-refractivity contribution >= 4 is 11.8 Å². The summed E-state index contributed by atoms with van der Waals surface area (Å²) in [5.74, 6) is -0.970. The van der Waals surface area contributed by atoms with Gasteiger partial charge < -0.3 is 14.6 Å². The second kappa shape index (κ2) is 6.64. The van der Waals surface area contributed by atoms with E-state index in [1.165, 1.54) is 0 Å². The molecule has 0 aliphatic rings. The number of carbonyl (C=O) groups is 2. The summed E-state index contributed by atoms with van der Waals surface area (Å²) in [6.07, 6.45) is 0.350. The van der Waals surface area contributed by atoms with Crippen LogP contribution in [0.2, 0.25) is 0 Å². The lowest BCUT2D eigenvalue weighted by Crippen LogP contribution is -2.12. The molecule has 0 heterocycles. The Bertz CT molecular complexity index is 439. The van der Waals surface area contributed by atoms with Crippen LogP contribution in [0.25, 0.3) is 0 Å². The van der Waals surface area contributed by atoms with Crippen LogP contribution in [0.1, 0.15) is 18.9 Å². The fraction of sp³-hybridized carbons (Fsp3) is 0.385. The normalized spacial score (nSPS) is 9.89. The number of rotatable bonds is 7. The molecule has 0 aliphatic carbocycles. The molecule has 0 saturated carbocycles. The summed E-state index contributed by atoms with van der Waals surface area (Å²) in [6.45, 7) is 2.37. The highest BCUT2D eigenvalue weighted by Gasteiger charge is 2.12. The molecule has 1 N–H and O–H groups in total. The van der Waals surface area contributed by atoms with E-state index in [1.54, 1.807) is 25.3 Å². The van der Waals surface area contributed by atoms with Crippen molar-refractivity contribution in [2.45, 2.75) is 19.8 Å². The summed E-state index contributed by atoms with van der Waals surface area (Å²) >= 11 is 0. The van der Waals surface area contributed by atoms with Crippen molar-refractivity contribution in [2.24, 2.45) is 0 Å². The van der Waals surface area contributed by atoms with E-state index in [0.29, 0.717) is 24.5 Å². The van der Waals surface area contributed by atoms with Gasteiger partial charge in [-0.05, 0) is 31.0 Å². The molecule has 1 aromatic carbocycles. The number of carbonyl (C=O) groups excluding carboxylic acids is 1. The van der Waals surface area contributed by atoms with E-state index < -0.39 is 11.8 Å². The molecule has 5 heteroatoms. The number of methoxy groups -OCH3 is 1. The van der Waals surface area contributed by atoms with Crippen molar-refractivity contribution < 1.29 is 24.2 Å². The summed E-state index contributed by atoms with van der Waals surface area (Å²) < 4.78 is 10.5. The third-order valence-electron chi connectivity index (χ3n) is 2.41. The Kier molecular flexibility index (Phi) is 5.17. The fourth-order valence-electron chi connectivity index (χ4n) is 1.51. The van der Waals surface area contributed by atoms with Crippen LogP contribution in [0.3, 0.4) is 0 Å². The number of aryl methyl sites for hydroxylation is 1. The minimum absolute atomic E-state index is 0.0206. The van der Waals surface area contributed by atoms with Crippen LogP contribution in [0.4, 0.5) is 0 Å². The van der Waals surface area contributed by atoms with E-state index in [1.807, 2.05) is 6.92 Å². The second-order valence-electron chi connectivity index (χ2n) is 3.65. The van der Waals surface area contributed by atoms with Crippen LogP contribution in [-0.2, 0) is 16.0 Å². The summed E-state index contributed by atoms with van der Waals surface area (Å²) in [6, 6.07) is 5.29. The van der Waals surface area contributed by atoms with Crippen molar-refractivity contribution in [1.29, 1.82) is 0 Å². The fourth-order valence-corrected chi connectivity index (χ4v) is 1.51. The van der Waals surface area contributed by atoms with Crippen LogP contribution in [0.15, 0.2) is 18.2 Å². The first kappa shape index (κ1) is 14.0. The van der Waals surface area contributed by atoms with Gasteiger partial charge in [-0.15, -0.1) is 0 Å². The minimum Gasteiger partial charge on any atom is -0.493 e. The van der Waals surface area contributed by atoms with Gasteiger partial charge in [-0.3, -0.25) is 4.79 Å². The van der Waals surface area contributed by atoms with Crippen molar-refractivity contribution in [2.75, 3.05) is 13.7 Å². The van der Waals surface area contributed by atoms with Gasteiger partial charge in [0.15, 0.2) is 11.5 Å². The third-order valence-corrected chi connectivity index (χ3v) is 2.41. The molecule has 0 amide bonds. The maximum Gasteiger partial charge on any atom is 0.372 e. The van der Waals surface area contributed by atoms with Crippen molar-refractivity contribution in [3.8, 4) is 11.5 Å². The average Bonchev–Trinajstić information content (AvgIpc) is 2.36. The zero-order valence-electron chi connectivity index (χ0n) is 10.4. The van der Waals surface area contributed by atoms with Gasteiger partial charge in [-0.25, -0.2) is 4.79 Å². The highest BCUT2D eigenvalue weighted by Crippen LogP contribution is 2.28. The Morgan fingerprint density at radius 3 is 2.56 bits per heavy atom. The van der Waals surface area contributed by atoms with Gasteiger partial charge in [0.2, 0.25) is 5.78 Å². The number of Topliss-reactive ketones (excluding diaryl/α,β-unsaturated/α-hetero) is 1. The molecule has 0 saturated heterocycles. The molecule has 0 radical (unpaired) electrons. The molecule has 5 nitrogen and oxygen atoms in total. The van der Waals surface area contributed by atoms with E-state index in [0.717, 1.165) is 5.56 Å². The van der Waals surface area contributed by atoms with Crippen molar-refractivity contribution in [3.63, 3.8) is 0 Å². The predicted molar refractivity (Wildman–Crippen MR) is 65.1 cm³/mol. The molecule has 0 spiro atoms. The van der Waals surface area contributed by atoms with Gasteiger partial charge in [-0.2, -0.15) is 0 Å². The Morgan fingerprint density at radius 2 is 2.00 bits per heavy atom. The number of carboxylic acids is 1. The van der Waals surface area contributed by atoms with Gasteiger partial charge in [0.1, 0.15) is 0 Å². The maximum atomic E-state index is 11.0. The smallest absolute Gasteiger partial charge is 0.372 e. The Morgan fingerprint density at radius 1 is 1.28 bits per heavy atom. The molecule has 0 aromatic heterocycles. The van der Waals surface area contributed by atoms with Crippen LogP contribution < -0.4 is 9.47 Å². The number of ketones is 1. The van der Waals surface area contributed by atoms with E-state index in [2.05, 4.69) is 0 Å². The van der Waals surface area contributed by atoms with E-state index in [9.17, 15) is 9.59 Å². The number of ether oxygens (including phenoxy) is 2. The summed E-state index contributed by atoms with van der Waals surface area (Å²) in [5, 5.41) is 8.49. The van der Waals surface area contributed by atoms with E-state index in [-0.39, 0.29) is 6.42 Å². The molecule has 0 aliphatic heterocycles. The number of hydrogen-bond donors (Lipinski definition) is 1. The second-order valence-corrected chi connectivity index (χ2v) is 3.65. The van der Waals surface area contributed by atoms with Crippen LogP contribution >= 0.6 is 0 Å². The Labute approximate surface area is 105 Å². The summed E-state index contributed by atoms with van der Waals surface area (Å²) in [4.78, 5) is 21.4. The minimum atomic E-state index is -1.39. The molecule has 0 unspecified atom stereocenters. The molecule has 98 valence electrons. The SMILES string of the molecule is CCOc1cc(CCC(=O)C(=O)O)ccc1OC. The quantitative estimate of drug-likeness (QED) is 0.747. The highest BCUT2D eigenvalue weighted by atomic mass is 16.5. The Balaban J connectivity index is 2.75. The predicted octanol–water partition coefficient (Wildman–Crippen LogP) is 1.68. The third kappa shape index (κ3) is 3.76. The zero-order chi connectivity index (χ0) is 13.5. The topological polar surface area (TPSA) is 72.8 Å². The lowest BCUT2D eigenvalue weighted by Gasteiger charge is -2.10. The van der Waals surface area contributed by atoms with Crippen LogP contribution in [0.5, 0.6) is 11.5 Å². The molecular formula is C13H16O5. The van der Waals surface area contributed by atoms with Crippen molar-refractivity contribution in [3.05, 3.63) is 23.8 Å². The Hall–Kier alpha value is -2.04. The zero-order valence-corrected chi connectivity index (χ0v) is 10.4. The van der Waals surface area contributed by atoms with Crippen LogP contribution in [-0.4, -0.2) is 30.6 Å².